The number of phenols is 1. The molecular weight excluding hydrogens is 945 g/mol. The molecule has 11 aliphatic rings. The van der Waals surface area contributed by atoms with Crippen LogP contribution in [-0.2, 0) is 6.42 Å². The summed E-state index contributed by atoms with van der Waals surface area (Å²) in [5.74, 6) is 6.61. The molecule has 0 bridgehead atoms. The number of allylic oxidation sites excluding steroid dienone is 6. The van der Waals surface area contributed by atoms with Crippen LogP contribution >= 0.6 is 0 Å². The first-order chi connectivity index (χ1) is 37.0. The maximum Gasteiger partial charge on any atom is 0.115 e. The number of rotatable bonds is 14. The first-order valence-electron chi connectivity index (χ1n) is 33.3. The molecule has 5 heteroatoms. The van der Waals surface area contributed by atoms with Crippen molar-refractivity contribution in [3.05, 3.63) is 75.4 Å². The zero-order valence-corrected chi connectivity index (χ0v) is 50.2. The number of fused-ring (bicyclic) bond motifs is 14. The predicted octanol–water partition coefficient (Wildman–Crippen LogP) is 17.9. The normalized spacial score (nSPS) is 42.1. The summed E-state index contributed by atoms with van der Waals surface area (Å²) in [4.78, 5) is 0. The van der Waals surface area contributed by atoms with Crippen LogP contribution in [0.1, 0.15) is 277 Å². The number of aliphatic hydroxyl groups is 4. The van der Waals surface area contributed by atoms with E-state index in [1.165, 1.54) is 184 Å². The van der Waals surface area contributed by atoms with E-state index in [4.69, 9.17) is 0 Å². The Kier molecular flexibility index (Phi) is 18.1. The maximum atomic E-state index is 10.4. The summed E-state index contributed by atoms with van der Waals surface area (Å²) in [7, 11) is 0. The van der Waals surface area contributed by atoms with E-state index in [1.807, 2.05) is 23.3 Å². The first kappa shape index (κ1) is 58.0. The molecule has 0 heterocycles. The highest BCUT2D eigenvalue weighted by Gasteiger charge is 2.59. The number of hydrogen-bond acceptors (Lipinski definition) is 5. The number of aliphatic hydroxyl groups excluding tert-OH is 4. The Balaban J connectivity index is 0.000000132. The third kappa shape index (κ3) is 11.0. The van der Waals surface area contributed by atoms with Crippen LogP contribution in [0.5, 0.6) is 5.75 Å². The van der Waals surface area contributed by atoms with E-state index < -0.39 is 12.2 Å². The smallest absolute Gasteiger partial charge is 0.115 e. The molecule has 12 rings (SSSR count). The minimum absolute atomic E-state index is 0.0714. The number of aromatic hydroxyl groups is 1. The maximum absolute atomic E-state index is 10.4. The van der Waals surface area contributed by atoms with Gasteiger partial charge in [0, 0.05) is 16.7 Å². The lowest BCUT2D eigenvalue weighted by atomic mass is 9.47. The molecule has 5 nitrogen and oxygen atoms in total. The third-order valence-electron chi connectivity index (χ3n) is 25.9. The number of unbranched alkanes of at least 4 members (excludes halogenated alkanes) is 10. The topological polar surface area (TPSA) is 101 Å². The lowest BCUT2D eigenvalue weighted by Crippen LogP contribution is -2.50. The summed E-state index contributed by atoms with van der Waals surface area (Å²) in [5, 5.41) is 50.5. The van der Waals surface area contributed by atoms with Gasteiger partial charge in [0.25, 0.3) is 0 Å². The van der Waals surface area contributed by atoms with Crippen molar-refractivity contribution in [1.82, 2.24) is 0 Å². The largest absolute Gasteiger partial charge is 0.508 e. The van der Waals surface area contributed by atoms with E-state index >= 15 is 0 Å². The number of hydrogen-bond donors (Lipinski definition) is 5. The van der Waals surface area contributed by atoms with Gasteiger partial charge in [-0.05, 0) is 222 Å². The lowest BCUT2D eigenvalue weighted by Gasteiger charge is -2.58. The van der Waals surface area contributed by atoms with Crippen LogP contribution in [0.3, 0.4) is 0 Å². The van der Waals surface area contributed by atoms with Gasteiger partial charge in [-0.15, -0.1) is 0 Å². The quantitative estimate of drug-likeness (QED) is 0.0944. The van der Waals surface area contributed by atoms with Crippen LogP contribution in [0.4, 0.5) is 0 Å². The fourth-order valence-corrected chi connectivity index (χ4v) is 21.0. The standard InChI is InChI=1S/C27H46O.C27H44O.C18H22O3/c2*1-4-5-6-7-8-9-10-20-12-14-24-23-13-11-21-19-22(28)15-17-27(21,3)25(23)16-18-26(20,24)2;1-18-7-6-13-12-5-3-11(19)8-10(12)2-4-14(13)15(18)9-16(20)17(18)21/h11,20,22-25,28H,4-10,12-19H2,1-3H3;11,20,22,24,28H,4-10,12-19H2,1-3H3;3-5,8,13,15-17,19-21H,2,6-7,9H2,1H3/t20-,22-,23?,24?,25?,26+,27-;20-,22-,24?,26+,27-;13?,15?,16-,17+,18+/m001/s1. The summed E-state index contributed by atoms with van der Waals surface area (Å²) < 4.78 is 0. The molecule has 1 aromatic carbocycles. The van der Waals surface area contributed by atoms with Gasteiger partial charge in [0.05, 0.1) is 24.4 Å². The van der Waals surface area contributed by atoms with Crippen molar-refractivity contribution in [3.8, 4) is 5.75 Å². The fourth-order valence-electron chi connectivity index (χ4n) is 21.0. The van der Waals surface area contributed by atoms with Gasteiger partial charge >= 0.3 is 0 Å². The van der Waals surface area contributed by atoms with Crippen LogP contribution in [-0.4, -0.2) is 49.9 Å². The van der Waals surface area contributed by atoms with Crippen LogP contribution in [0.25, 0.3) is 0 Å². The third-order valence-corrected chi connectivity index (χ3v) is 25.9. The second kappa shape index (κ2) is 24.0. The molecule has 0 aliphatic heterocycles. The van der Waals surface area contributed by atoms with Crippen LogP contribution < -0.4 is 0 Å². The second-order valence-electron chi connectivity index (χ2n) is 29.8. The molecule has 0 spiro atoms. The highest BCUT2D eigenvalue weighted by Crippen LogP contribution is 2.68. The van der Waals surface area contributed by atoms with Gasteiger partial charge < -0.3 is 25.5 Å². The Morgan fingerprint density at radius 3 is 1.94 bits per heavy atom. The van der Waals surface area contributed by atoms with Gasteiger partial charge in [0.15, 0.2) is 0 Å². The second-order valence-corrected chi connectivity index (χ2v) is 29.8. The molecule has 77 heavy (non-hydrogen) atoms. The van der Waals surface area contributed by atoms with Gasteiger partial charge in [-0.3, -0.25) is 0 Å². The first-order valence-corrected chi connectivity index (χ1v) is 33.3. The molecule has 5 N–H and O–H groups in total. The van der Waals surface area contributed by atoms with Gasteiger partial charge in [-0.2, -0.15) is 0 Å². The molecule has 11 aliphatic carbocycles. The molecule has 7 saturated carbocycles. The molecule has 0 amide bonds. The fraction of sp³-hybridized carbons (Fsp3) is 0.806. The van der Waals surface area contributed by atoms with Crippen molar-refractivity contribution < 1.29 is 25.5 Å². The van der Waals surface area contributed by atoms with Crippen LogP contribution in [0, 0.1) is 68.5 Å². The predicted molar refractivity (Wildman–Crippen MR) is 319 cm³/mol. The van der Waals surface area contributed by atoms with Gasteiger partial charge in [0.1, 0.15) is 5.75 Å². The Labute approximate surface area is 470 Å². The summed E-state index contributed by atoms with van der Waals surface area (Å²) in [6, 6.07) is 5.69. The average Bonchev–Trinajstić information content (AvgIpc) is 4.09. The minimum atomic E-state index is -0.606. The zero-order chi connectivity index (χ0) is 54.3. The lowest BCUT2D eigenvalue weighted by molar-refractivity contribution is -0.0508. The molecule has 17 atom stereocenters. The van der Waals surface area contributed by atoms with Gasteiger partial charge in [-0.25, -0.2) is 0 Å². The average molecular weight is 1060 g/mol. The van der Waals surface area contributed by atoms with E-state index in [9.17, 15) is 25.5 Å². The van der Waals surface area contributed by atoms with Gasteiger partial charge in [0.2, 0.25) is 0 Å². The summed E-state index contributed by atoms with van der Waals surface area (Å²) in [6.45, 7) is 17.2. The molecular formula is C72H112O5. The van der Waals surface area contributed by atoms with Crippen LogP contribution in [0.15, 0.2) is 64.3 Å². The highest BCUT2D eigenvalue weighted by atomic mass is 16.3. The van der Waals surface area contributed by atoms with Crippen molar-refractivity contribution in [2.24, 2.45) is 68.5 Å². The van der Waals surface area contributed by atoms with E-state index in [1.54, 1.807) is 17.2 Å². The van der Waals surface area contributed by atoms with Crippen molar-refractivity contribution in [2.75, 3.05) is 0 Å². The van der Waals surface area contributed by atoms with Crippen molar-refractivity contribution in [2.45, 2.75) is 297 Å². The highest BCUT2D eigenvalue weighted by molar-refractivity contribution is 5.48. The molecule has 1 aromatic rings. The van der Waals surface area contributed by atoms with Crippen molar-refractivity contribution >= 4 is 0 Å². The van der Waals surface area contributed by atoms with E-state index in [-0.39, 0.29) is 29.0 Å². The van der Waals surface area contributed by atoms with Crippen molar-refractivity contribution in [1.29, 1.82) is 0 Å². The Hall–Kier alpha value is -2.18. The molecule has 0 aromatic heterocycles. The van der Waals surface area contributed by atoms with E-state index in [0.717, 1.165) is 80.5 Å². The van der Waals surface area contributed by atoms with Crippen molar-refractivity contribution in [3.63, 3.8) is 0 Å². The zero-order valence-electron chi connectivity index (χ0n) is 50.2. The Morgan fingerprint density at radius 1 is 0.558 bits per heavy atom. The summed E-state index contributed by atoms with van der Waals surface area (Å²) >= 11 is 0. The van der Waals surface area contributed by atoms with E-state index in [0.29, 0.717) is 34.3 Å². The molecule has 0 radical (unpaired) electrons. The molecule has 7 fully saturated rings. The summed E-state index contributed by atoms with van der Waals surface area (Å²) in [6.07, 6.45) is 50.1. The molecule has 0 saturated heterocycles. The van der Waals surface area contributed by atoms with E-state index in [2.05, 4.69) is 66.7 Å². The Morgan fingerprint density at radius 2 is 1.21 bits per heavy atom. The number of benzene rings is 1. The SMILES string of the molecule is CCCCCCCC[C@H]1CCC2C3=C(CC[C@@]21C)[C@@]1(C)CC[C@H](O)CC1=CC3.CCCCCCCC[C@H]1CCC2C3CC=C4C[C@@H](O)CC[C@]4(C)C3CC[C@@]21C.C[C@]12CCC3C(=CCc4cc(O)ccc43)C1C[C@@H](O)[C@@H]2O. The number of phenolic OH excluding ortho intramolecular Hbond substituents is 1. The Bertz CT molecular complexity index is 2310. The summed E-state index contributed by atoms with van der Waals surface area (Å²) in [5.41, 5.74) is 12.5. The van der Waals surface area contributed by atoms with Gasteiger partial charge in [-0.1, -0.05) is 178 Å². The minimum Gasteiger partial charge on any atom is -0.508 e. The molecule has 6 unspecified atom stereocenters. The van der Waals surface area contributed by atoms with Crippen LogP contribution in [0.2, 0.25) is 0 Å². The monoisotopic (exact) mass is 1060 g/mol. The molecule has 430 valence electrons.